The summed E-state index contributed by atoms with van der Waals surface area (Å²) in [6.45, 7) is 4.00. The molecular formula is C26H27NO5. The van der Waals surface area contributed by atoms with Gasteiger partial charge in [-0.3, -0.25) is 4.90 Å². The van der Waals surface area contributed by atoms with Crippen molar-refractivity contribution in [1.82, 2.24) is 4.90 Å². The summed E-state index contributed by atoms with van der Waals surface area (Å²) >= 11 is 0. The van der Waals surface area contributed by atoms with Crippen LogP contribution in [0.1, 0.15) is 29.7 Å². The largest absolute Gasteiger partial charge is 0.493 e. The highest BCUT2D eigenvalue weighted by molar-refractivity contribution is 5.89. The number of methoxy groups -OCH3 is 3. The lowest BCUT2D eigenvalue weighted by Gasteiger charge is -2.36. The Hall–Kier alpha value is -3.38. The van der Waals surface area contributed by atoms with E-state index in [2.05, 4.69) is 30.0 Å². The van der Waals surface area contributed by atoms with Crippen molar-refractivity contribution < 1.29 is 23.0 Å². The molecule has 0 fully saturated rings. The van der Waals surface area contributed by atoms with Crippen LogP contribution < -0.4 is 14.2 Å². The summed E-state index contributed by atoms with van der Waals surface area (Å²) in [5, 5.41) is 1.04. The van der Waals surface area contributed by atoms with Crippen molar-refractivity contribution in [3.05, 3.63) is 65.4 Å². The quantitative estimate of drug-likeness (QED) is 0.381. The van der Waals surface area contributed by atoms with Crippen LogP contribution in [0.15, 0.2) is 57.6 Å². The molecule has 0 amide bonds. The molecule has 2 aromatic carbocycles. The van der Waals surface area contributed by atoms with Gasteiger partial charge in [-0.2, -0.15) is 0 Å². The molecule has 3 heterocycles. The highest BCUT2D eigenvalue weighted by Gasteiger charge is 2.27. The van der Waals surface area contributed by atoms with Crippen molar-refractivity contribution in [1.29, 1.82) is 0 Å². The van der Waals surface area contributed by atoms with Gasteiger partial charge in [0.2, 0.25) is 0 Å². The Kier molecular flexibility index (Phi) is 5.31. The SMILES string of the molecule is COc1cc2c(cc1OC)C(C)N(Cc1ccc(OC)c3oc(-c4ccco4)cc13)CC2. The van der Waals surface area contributed by atoms with E-state index in [0.717, 1.165) is 47.7 Å². The first-order valence-electron chi connectivity index (χ1n) is 10.7. The monoisotopic (exact) mass is 433 g/mol. The van der Waals surface area contributed by atoms with Crippen LogP contribution in [0.3, 0.4) is 0 Å². The maximum absolute atomic E-state index is 6.14. The molecule has 5 rings (SSSR count). The Bertz CT molecular complexity index is 1240. The summed E-state index contributed by atoms with van der Waals surface area (Å²) in [5.41, 5.74) is 4.53. The van der Waals surface area contributed by atoms with E-state index in [0.29, 0.717) is 11.5 Å². The van der Waals surface area contributed by atoms with E-state index in [9.17, 15) is 0 Å². The molecule has 166 valence electrons. The lowest BCUT2D eigenvalue weighted by molar-refractivity contribution is 0.189. The van der Waals surface area contributed by atoms with Crippen molar-refractivity contribution in [2.75, 3.05) is 27.9 Å². The van der Waals surface area contributed by atoms with Crippen LogP contribution in [0, 0.1) is 0 Å². The number of nitrogens with zero attached hydrogens (tertiary/aromatic N) is 1. The van der Waals surface area contributed by atoms with Gasteiger partial charge in [0.05, 0.1) is 27.6 Å². The zero-order chi connectivity index (χ0) is 22.2. The maximum atomic E-state index is 6.14. The Morgan fingerprint density at radius 3 is 2.44 bits per heavy atom. The first-order chi connectivity index (χ1) is 15.6. The van der Waals surface area contributed by atoms with Crippen LogP contribution in [0.25, 0.3) is 22.5 Å². The van der Waals surface area contributed by atoms with E-state index in [-0.39, 0.29) is 6.04 Å². The van der Waals surface area contributed by atoms with Crippen LogP contribution in [-0.2, 0) is 13.0 Å². The predicted octanol–water partition coefficient (Wildman–Crippen LogP) is 5.84. The molecule has 32 heavy (non-hydrogen) atoms. The van der Waals surface area contributed by atoms with Gasteiger partial charge < -0.3 is 23.0 Å². The normalized spacial score (nSPS) is 16.2. The smallest absolute Gasteiger partial charge is 0.177 e. The molecule has 1 aliphatic rings. The molecular weight excluding hydrogens is 406 g/mol. The number of hydrogen-bond donors (Lipinski definition) is 0. The Labute approximate surface area is 187 Å². The number of fused-ring (bicyclic) bond motifs is 2. The lowest BCUT2D eigenvalue weighted by Crippen LogP contribution is -2.33. The van der Waals surface area contributed by atoms with Gasteiger partial charge in [0.15, 0.2) is 34.4 Å². The first kappa shape index (κ1) is 20.5. The number of hydrogen-bond acceptors (Lipinski definition) is 6. The summed E-state index contributed by atoms with van der Waals surface area (Å²) < 4.78 is 28.3. The Morgan fingerprint density at radius 2 is 1.72 bits per heavy atom. The third-order valence-electron chi connectivity index (χ3n) is 6.41. The summed E-state index contributed by atoms with van der Waals surface area (Å²) in [6, 6.07) is 14.4. The van der Waals surface area contributed by atoms with Gasteiger partial charge in [-0.25, -0.2) is 0 Å². The second kappa shape index (κ2) is 8.28. The zero-order valence-electron chi connectivity index (χ0n) is 18.8. The molecule has 6 nitrogen and oxygen atoms in total. The van der Waals surface area contributed by atoms with Gasteiger partial charge >= 0.3 is 0 Å². The second-order valence-electron chi connectivity index (χ2n) is 8.06. The van der Waals surface area contributed by atoms with Crippen LogP contribution in [0.4, 0.5) is 0 Å². The topological polar surface area (TPSA) is 57.2 Å². The summed E-state index contributed by atoms with van der Waals surface area (Å²) in [6.07, 6.45) is 2.61. The van der Waals surface area contributed by atoms with E-state index in [1.165, 1.54) is 16.7 Å². The van der Waals surface area contributed by atoms with E-state index < -0.39 is 0 Å². The number of benzene rings is 2. The summed E-state index contributed by atoms with van der Waals surface area (Å²) in [4.78, 5) is 2.48. The van der Waals surface area contributed by atoms with Crippen LogP contribution in [0.5, 0.6) is 17.2 Å². The summed E-state index contributed by atoms with van der Waals surface area (Å²) in [7, 11) is 5.02. The molecule has 0 saturated carbocycles. The summed E-state index contributed by atoms with van der Waals surface area (Å²) in [5.74, 6) is 3.67. The molecule has 1 aliphatic heterocycles. The molecule has 0 saturated heterocycles. The van der Waals surface area contributed by atoms with Crippen molar-refractivity contribution in [2.24, 2.45) is 0 Å². The molecule has 0 aliphatic carbocycles. The van der Waals surface area contributed by atoms with Crippen LogP contribution >= 0.6 is 0 Å². The molecule has 0 radical (unpaired) electrons. The Balaban J connectivity index is 1.50. The fraction of sp³-hybridized carbons (Fsp3) is 0.308. The molecule has 1 atom stereocenters. The van der Waals surface area contributed by atoms with Gasteiger partial charge in [0.25, 0.3) is 0 Å². The number of ether oxygens (including phenoxy) is 3. The van der Waals surface area contributed by atoms with Gasteiger partial charge in [0.1, 0.15) is 0 Å². The minimum absolute atomic E-state index is 0.243. The molecule has 0 spiro atoms. The average Bonchev–Trinajstić information content (AvgIpc) is 3.50. The van der Waals surface area contributed by atoms with Crippen molar-refractivity contribution in [3.63, 3.8) is 0 Å². The minimum Gasteiger partial charge on any atom is -0.493 e. The second-order valence-corrected chi connectivity index (χ2v) is 8.06. The maximum Gasteiger partial charge on any atom is 0.177 e. The van der Waals surface area contributed by atoms with Gasteiger partial charge in [-0.1, -0.05) is 6.07 Å². The fourth-order valence-corrected chi connectivity index (χ4v) is 4.62. The number of furan rings is 2. The first-order valence-corrected chi connectivity index (χ1v) is 10.7. The molecule has 0 bridgehead atoms. The van der Waals surface area contributed by atoms with E-state index in [1.54, 1.807) is 27.6 Å². The Morgan fingerprint density at radius 1 is 0.938 bits per heavy atom. The average molecular weight is 434 g/mol. The van der Waals surface area contributed by atoms with Crippen molar-refractivity contribution in [2.45, 2.75) is 25.9 Å². The highest BCUT2D eigenvalue weighted by Crippen LogP contribution is 2.40. The molecule has 0 N–H and O–H groups in total. The molecule has 1 unspecified atom stereocenters. The van der Waals surface area contributed by atoms with E-state index in [1.807, 2.05) is 24.3 Å². The van der Waals surface area contributed by atoms with Gasteiger partial charge in [-0.05, 0) is 66.4 Å². The van der Waals surface area contributed by atoms with Crippen LogP contribution in [-0.4, -0.2) is 32.8 Å². The zero-order valence-corrected chi connectivity index (χ0v) is 18.8. The van der Waals surface area contributed by atoms with Crippen LogP contribution in [0.2, 0.25) is 0 Å². The van der Waals surface area contributed by atoms with Crippen molar-refractivity contribution in [3.8, 4) is 28.8 Å². The predicted molar refractivity (Wildman–Crippen MR) is 123 cm³/mol. The van der Waals surface area contributed by atoms with E-state index in [4.69, 9.17) is 23.0 Å². The standard InChI is InChI=1S/C26H27NO5/c1-16-19-13-24(30-4)23(29-3)12-17(19)9-10-27(16)15-18-7-8-22(28-2)26-20(18)14-25(32-26)21-6-5-11-31-21/h5-8,11-14,16H,9-10,15H2,1-4H3. The fourth-order valence-electron chi connectivity index (χ4n) is 4.62. The molecule has 6 heteroatoms. The van der Waals surface area contributed by atoms with Gasteiger partial charge in [-0.15, -0.1) is 0 Å². The van der Waals surface area contributed by atoms with E-state index >= 15 is 0 Å². The molecule has 2 aromatic heterocycles. The third kappa shape index (κ3) is 3.41. The third-order valence-corrected chi connectivity index (χ3v) is 6.41. The van der Waals surface area contributed by atoms with Crippen molar-refractivity contribution >= 4 is 11.0 Å². The highest BCUT2D eigenvalue weighted by atomic mass is 16.5. The van der Waals surface area contributed by atoms with Gasteiger partial charge in [0, 0.05) is 24.5 Å². The minimum atomic E-state index is 0.243. The molecule has 4 aromatic rings. The number of rotatable bonds is 6. The lowest BCUT2D eigenvalue weighted by atomic mass is 9.92.